The topological polar surface area (TPSA) is 46.5 Å². The van der Waals surface area contributed by atoms with E-state index in [4.69, 9.17) is 9.84 Å². The summed E-state index contributed by atoms with van der Waals surface area (Å²) in [5.41, 5.74) is 1.17. The van der Waals surface area contributed by atoms with E-state index in [0.717, 1.165) is 10.8 Å². The zero-order valence-electron chi connectivity index (χ0n) is 8.93. The van der Waals surface area contributed by atoms with Crippen molar-refractivity contribution in [1.29, 1.82) is 0 Å². The van der Waals surface area contributed by atoms with E-state index in [9.17, 15) is 4.79 Å². The molecule has 0 saturated carbocycles. The first-order valence-corrected chi connectivity index (χ1v) is 5.00. The second kappa shape index (κ2) is 4.23. The number of hydrogen-bond acceptors (Lipinski definition) is 2. The van der Waals surface area contributed by atoms with Crippen LogP contribution < -0.4 is 4.74 Å². The highest BCUT2D eigenvalue weighted by Crippen LogP contribution is 2.21. The molecule has 0 bridgehead atoms. The molecule has 0 spiro atoms. The van der Waals surface area contributed by atoms with Crippen molar-refractivity contribution < 1.29 is 14.6 Å². The number of aliphatic carboxylic acids is 1. The van der Waals surface area contributed by atoms with Crippen LogP contribution >= 0.6 is 0 Å². The Morgan fingerprint density at radius 1 is 1.19 bits per heavy atom. The minimum absolute atomic E-state index is 0.308. The van der Waals surface area contributed by atoms with Gasteiger partial charge in [-0.05, 0) is 29.8 Å². The largest absolute Gasteiger partial charge is 0.482 e. The number of aryl methyl sites for hydroxylation is 1. The summed E-state index contributed by atoms with van der Waals surface area (Å²) in [6.07, 6.45) is 0. The molecule has 16 heavy (non-hydrogen) atoms. The molecule has 0 aliphatic heterocycles. The van der Waals surface area contributed by atoms with Crippen molar-refractivity contribution in [2.24, 2.45) is 0 Å². The summed E-state index contributed by atoms with van der Waals surface area (Å²) >= 11 is 0. The van der Waals surface area contributed by atoms with E-state index in [2.05, 4.69) is 0 Å². The maximum Gasteiger partial charge on any atom is 0.341 e. The number of hydrogen-bond donors (Lipinski definition) is 1. The Balaban J connectivity index is 2.31. The normalized spacial score (nSPS) is 10.3. The van der Waals surface area contributed by atoms with E-state index < -0.39 is 5.97 Å². The molecule has 0 radical (unpaired) electrons. The van der Waals surface area contributed by atoms with Gasteiger partial charge in [0.2, 0.25) is 0 Å². The van der Waals surface area contributed by atoms with Crippen LogP contribution in [0.3, 0.4) is 0 Å². The third-order valence-corrected chi connectivity index (χ3v) is 2.33. The molecule has 0 aromatic heterocycles. The van der Waals surface area contributed by atoms with Crippen molar-refractivity contribution in [3.05, 3.63) is 42.0 Å². The first-order valence-electron chi connectivity index (χ1n) is 5.00. The molecule has 82 valence electrons. The highest BCUT2D eigenvalue weighted by molar-refractivity contribution is 5.84. The third kappa shape index (κ3) is 2.31. The number of fused-ring (bicyclic) bond motifs is 1. The molecule has 1 N–H and O–H groups in total. The van der Waals surface area contributed by atoms with E-state index in [-0.39, 0.29) is 6.61 Å². The molecule has 2 aromatic carbocycles. The lowest BCUT2D eigenvalue weighted by Gasteiger charge is -2.05. The van der Waals surface area contributed by atoms with Crippen molar-refractivity contribution >= 4 is 16.7 Å². The Bertz CT molecular complexity index is 532. The standard InChI is InChI=1S/C13H12O3/c1-9-2-3-10-4-5-12(7-11(10)6-9)16-8-13(14)15/h2-7H,8H2,1H3,(H,14,15). The summed E-state index contributed by atoms with van der Waals surface area (Å²) in [4.78, 5) is 10.4. The van der Waals surface area contributed by atoms with Gasteiger partial charge in [-0.3, -0.25) is 0 Å². The van der Waals surface area contributed by atoms with Crippen molar-refractivity contribution in [2.75, 3.05) is 6.61 Å². The van der Waals surface area contributed by atoms with Gasteiger partial charge in [-0.2, -0.15) is 0 Å². The van der Waals surface area contributed by atoms with Crippen molar-refractivity contribution in [3.8, 4) is 5.75 Å². The van der Waals surface area contributed by atoms with Gasteiger partial charge in [-0.1, -0.05) is 29.8 Å². The minimum Gasteiger partial charge on any atom is -0.482 e. The Hall–Kier alpha value is -2.03. The van der Waals surface area contributed by atoms with Crippen LogP contribution in [-0.4, -0.2) is 17.7 Å². The van der Waals surface area contributed by atoms with Gasteiger partial charge in [-0.15, -0.1) is 0 Å². The lowest BCUT2D eigenvalue weighted by atomic mass is 10.1. The average molecular weight is 216 g/mol. The predicted octanol–water partition coefficient (Wildman–Crippen LogP) is 2.61. The maximum absolute atomic E-state index is 10.4. The van der Waals surface area contributed by atoms with Gasteiger partial charge in [-0.25, -0.2) is 4.79 Å². The molecule has 0 atom stereocenters. The van der Waals surface area contributed by atoms with Gasteiger partial charge in [0.15, 0.2) is 6.61 Å². The van der Waals surface area contributed by atoms with E-state index >= 15 is 0 Å². The van der Waals surface area contributed by atoms with Crippen LogP contribution in [-0.2, 0) is 4.79 Å². The second-order valence-electron chi connectivity index (χ2n) is 3.69. The van der Waals surface area contributed by atoms with Crippen molar-refractivity contribution in [1.82, 2.24) is 0 Å². The Morgan fingerprint density at radius 2 is 1.94 bits per heavy atom. The lowest BCUT2D eigenvalue weighted by Crippen LogP contribution is -2.09. The molecule has 0 aliphatic carbocycles. The molecule has 3 heteroatoms. The second-order valence-corrected chi connectivity index (χ2v) is 3.69. The molecule has 2 aromatic rings. The number of ether oxygens (including phenoxy) is 1. The van der Waals surface area contributed by atoms with Crippen LogP contribution in [0.1, 0.15) is 5.56 Å². The highest BCUT2D eigenvalue weighted by Gasteiger charge is 2.00. The van der Waals surface area contributed by atoms with Crippen LogP contribution in [0.2, 0.25) is 0 Å². The molecule has 0 amide bonds. The van der Waals surface area contributed by atoms with E-state index in [1.165, 1.54) is 5.56 Å². The summed E-state index contributed by atoms with van der Waals surface area (Å²) < 4.78 is 5.12. The molecule has 3 nitrogen and oxygen atoms in total. The zero-order chi connectivity index (χ0) is 11.5. The predicted molar refractivity (Wildman–Crippen MR) is 61.8 cm³/mol. The molecular weight excluding hydrogens is 204 g/mol. The minimum atomic E-state index is -0.968. The summed E-state index contributed by atoms with van der Waals surface area (Å²) in [5.74, 6) is -0.384. The SMILES string of the molecule is Cc1ccc2ccc(OCC(=O)O)cc2c1. The van der Waals surface area contributed by atoms with E-state index in [1.807, 2.05) is 37.3 Å². The number of carboxylic acids is 1. The fraction of sp³-hybridized carbons (Fsp3) is 0.154. The van der Waals surface area contributed by atoms with Crippen LogP contribution in [0.5, 0.6) is 5.75 Å². The number of carbonyl (C=O) groups is 1. The Morgan fingerprint density at radius 3 is 2.69 bits per heavy atom. The van der Waals surface area contributed by atoms with Crippen LogP contribution in [0.25, 0.3) is 10.8 Å². The van der Waals surface area contributed by atoms with Gasteiger partial charge >= 0.3 is 5.97 Å². The summed E-state index contributed by atoms with van der Waals surface area (Å²) in [7, 11) is 0. The maximum atomic E-state index is 10.4. The quantitative estimate of drug-likeness (QED) is 0.857. The Labute approximate surface area is 93.3 Å². The van der Waals surface area contributed by atoms with Crippen LogP contribution in [0.15, 0.2) is 36.4 Å². The first kappa shape index (κ1) is 10.5. The van der Waals surface area contributed by atoms with Gasteiger partial charge in [0.1, 0.15) is 5.75 Å². The molecule has 0 aliphatic rings. The Kier molecular flexibility index (Phi) is 2.77. The molecular formula is C13H12O3. The zero-order valence-corrected chi connectivity index (χ0v) is 8.93. The average Bonchev–Trinajstić information content (AvgIpc) is 2.25. The molecule has 0 heterocycles. The number of rotatable bonds is 3. The van der Waals surface area contributed by atoms with Gasteiger partial charge in [0.05, 0.1) is 0 Å². The monoisotopic (exact) mass is 216 g/mol. The van der Waals surface area contributed by atoms with Crippen LogP contribution in [0, 0.1) is 6.92 Å². The summed E-state index contributed by atoms with van der Waals surface area (Å²) in [6, 6.07) is 11.7. The molecule has 0 unspecified atom stereocenters. The number of benzene rings is 2. The molecule has 0 saturated heterocycles. The van der Waals surface area contributed by atoms with Gasteiger partial charge in [0.25, 0.3) is 0 Å². The summed E-state index contributed by atoms with van der Waals surface area (Å²) in [6.45, 7) is 1.71. The highest BCUT2D eigenvalue weighted by atomic mass is 16.5. The number of carboxylic acid groups (broad SMARTS) is 1. The molecule has 2 rings (SSSR count). The van der Waals surface area contributed by atoms with E-state index in [0.29, 0.717) is 5.75 Å². The van der Waals surface area contributed by atoms with Gasteiger partial charge in [0, 0.05) is 0 Å². The van der Waals surface area contributed by atoms with Crippen molar-refractivity contribution in [3.63, 3.8) is 0 Å². The fourth-order valence-corrected chi connectivity index (χ4v) is 1.58. The third-order valence-electron chi connectivity index (χ3n) is 2.33. The smallest absolute Gasteiger partial charge is 0.341 e. The fourth-order valence-electron chi connectivity index (χ4n) is 1.58. The lowest BCUT2D eigenvalue weighted by molar-refractivity contribution is -0.139. The summed E-state index contributed by atoms with van der Waals surface area (Å²) in [5, 5.41) is 10.7. The molecule has 0 fully saturated rings. The van der Waals surface area contributed by atoms with Gasteiger partial charge < -0.3 is 9.84 Å². The van der Waals surface area contributed by atoms with Crippen LogP contribution in [0.4, 0.5) is 0 Å². The van der Waals surface area contributed by atoms with Crippen molar-refractivity contribution in [2.45, 2.75) is 6.92 Å². The van der Waals surface area contributed by atoms with E-state index in [1.54, 1.807) is 6.07 Å². The first-order chi connectivity index (χ1) is 7.65.